The molecule has 0 aromatic rings. The molecule has 6 heteroatoms. The summed E-state index contributed by atoms with van der Waals surface area (Å²) in [6, 6.07) is -0.507. The first-order chi connectivity index (χ1) is 6.93. The Morgan fingerprint density at radius 3 is 2.40 bits per heavy atom. The molecule has 6 nitrogen and oxygen atoms in total. The van der Waals surface area contributed by atoms with Gasteiger partial charge in [0.2, 0.25) is 0 Å². The van der Waals surface area contributed by atoms with E-state index in [2.05, 4.69) is 10.6 Å². The smallest absolute Gasteiger partial charge is 0.334 e. The monoisotopic (exact) mass is 216 g/mol. The number of carbonyl (C=O) groups is 2. The van der Waals surface area contributed by atoms with Gasteiger partial charge in [-0.1, -0.05) is 11.6 Å². The molecule has 15 heavy (non-hydrogen) atoms. The van der Waals surface area contributed by atoms with Gasteiger partial charge in [-0.05, 0) is 13.8 Å². The highest BCUT2D eigenvalue weighted by Crippen LogP contribution is 1.85. The number of hydrogen-bond donors (Lipinski definition) is 4. The Balaban J connectivity index is 3.67. The Hall–Kier alpha value is -1.56. The van der Waals surface area contributed by atoms with Crippen molar-refractivity contribution in [3.63, 3.8) is 0 Å². The highest BCUT2D eigenvalue weighted by Gasteiger charge is 2.13. The Labute approximate surface area is 88.0 Å². The summed E-state index contributed by atoms with van der Waals surface area (Å²) in [5, 5.41) is 21.9. The van der Waals surface area contributed by atoms with E-state index in [9.17, 15) is 9.59 Å². The van der Waals surface area contributed by atoms with Gasteiger partial charge in [-0.15, -0.1) is 0 Å². The van der Waals surface area contributed by atoms with E-state index >= 15 is 0 Å². The Morgan fingerprint density at radius 2 is 1.93 bits per heavy atom. The van der Waals surface area contributed by atoms with Gasteiger partial charge >= 0.3 is 12.0 Å². The number of carboxylic acid groups (broad SMARTS) is 1. The number of nitrogens with one attached hydrogen (secondary N) is 2. The van der Waals surface area contributed by atoms with E-state index in [0.29, 0.717) is 6.54 Å². The lowest BCUT2D eigenvalue weighted by Crippen LogP contribution is -2.42. The van der Waals surface area contributed by atoms with Crippen molar-refractivity contribution in [2.75, 3.05) is 13.1 Å². The lowest BCUT2D eigenvalue weighted by atomic mass is 10.3. The molecule has 0 radical (unpaired) electrons. The summed E-state index contributed by atoms with van der Waals surface area (Å²) in [7, 11) is 0. The standard InChI is InChI=1S/C9H16N2O4/c1-6(2)3-4-10-9(15)11-5-7(12)8(13)14/h3,7,12H,4-5H2,1-2H3,(H,13,14)(H2,10,11,15). The second-order valence-corrected chi connectivity index (χ2v) is 3.23. The predicted molar refractivity (Wildman–Crippen MR) is 54.5 cm³/mol. The van der Waals surface area contributed by atoms with Crippen molar-refractivity contribution in [1.82, 2.24) is 10.6 Å². The lowest BCUT2D eigenvalue weighted by Gasteiger charge is -2.08. The average Bonchev–Trinajstić information content (AvgIpc) is 2.13. The molecule has 0 aromatic carbocycles. The van der Waals surface area contributed by atoms with Crippen LogP contribution in [0.25, 0.3) is 0 Å². The summed E-state index contributed by atoms with van der Waals surface area (Å²) in [6.45, 7) is 3.86. The molecule has 4 N–H and O–H groups in total. The van der Waals surface area contributed by atoms with Crippen LogP contribution in [0.2, 0.25) is 0 Å². The second kappa shape index (κ2) is 6.83. The van der Waals surface area contributed by atoms with Crippen LogP contribution < -0.4 is 10.6 Å². The molecule has 1 unspecified atom stereocenters. The van der Waals surface area contributed by atoms with E-state index in [1.165, 1.54) is 0 Å². The first kappa shape index (κ1) is 13.4. The van der Waals surface area contributed by atoms with Crippen LogP contribution in [-0.2, 0) is 4.79 Å². The zero-order valence-electron chi connectivity index (χ0n) is 8.78. The van der Waals surface area contributed by atoms with Crippen molar-refractivity contribution < 1.29 is 19.8 Å². The number of hydrogen-bond acceptors (Lipinski definition) is 3. The van der Waals surface area contributed by atoms with Gasteiger partial charge in [0.25, 0.3) is 0 Å². The fourth-order valence-corrected chi connectivity index (χ4v) is 0.687. The number of rotatable bonds is 5. The maximum atomic E-state index is 11.0. The molecule has 0 heterocycles. The molecular weight excluding hydrogens is 200 g/mol. The fourth-order valence-electron chi connectivity index (χ4n) is 0.687. The van der Waals surface area contributed by atoms with Gasteiger partial charge in [0, 0.05) is 6.54 Å². The van der Waals surface area contributed by atoms with E-state index in [4.69, 9.17) is 10.2 Å². The van der Waals surface area contributed by atoms with Crippen LogP contribution in [-0.4, -0.2) is 41.4 Å². The summed E-state index contributed by atoms with van der Waals surface area (Å²) in [5.41, 5.74) is 1.07. The molecule has 0 rings (SSSR count). The van der Waals surface area contributed by atoms with Crippen LogP contribution in [0.5, 0.6) is 0 Å². The van der Waals surface area contributed by atoms with Crippen LogP contribution >= 0.6 is 0 Å². The van der Waals surface area contributed by atoms with Gasteiger partial charge in [-0.3, -0.25) is 0 Å². The maximum Gasteiger partial charge on any atom is 0.334 e. The molecule has 0 bridgehead atoms. The van der Waals surface area contributed by atoms with Crippen molar-refractivity contribution in [2.24, 2.45) is 0 Å². The third kappa shape index (κ3) is 7.51. The van der Waals surface area contributed by atoms with E-state index < -0.39 is 18.1 Å². The maximum absolute atomic E-state index is 11.0. The van der Waals surface area contributed by atoms with Crippen molar-refractivity contribution in [1.29, 1.82) is 0 Å². The molecule has 0 aliphatic heterocycles. The van der Waals surface area contributed by atoms with Crippen molar-refractivity contribution in [3.05, 3.63) is 11.6 Å². The third-order valence-electron chi connectivity index (χ3n) is 1.51. The number of aliphatic carboxylic acids is 1. The number of aliphatic hydroxyl groups is 1. The van der Waals surface area contributed by atoms with Gasteiger partial charge in [0.05, 0.1) is 6.54 Å². The number of allylic oxidation sites excluding steroid dienone is 1. The van der Waals surface area contributed by atoms with Crippen molar-refractivity contribution in [2.45, 2.75) is 20.0 Å². The topological polar surface area (TPSA) is 98.7 Å². The molecule has 0 aliphatic rings. The molecule has 86 valence electrons. The molecule has 0 aliphatic carbocycles. The molecule has 0 saturated carbocycles. The van der Waals surface area contributed by atoms with E-state index in [-0.39, 0.29) is 6.54 Å². The molecule has 0 aromatic heterocycles. The SMILES string of the molecule is CC(C)=CCNC(=O)NCC(O)C(=O)O. The minimum atomic E-state index is -1.57. The lowest BCUT2D eigenvalue weighted by molar-refractivity contribution is -0.146. The van der Waals surface area contributed by atoms with E-state index in [0.717, 1.165) is 5.57 Å². The first-order valence-corrected chi connectivity index (χ1v) is 4.49. The second-order valence-electron chi connectivity index (χ2n) is 3.23. The molecule has 2 amide bonds. The van der Waals surface area contributed by atoms with E-state index in [1.54, 1.807) is 0 Å². The molecule has 0 fully saturated rings. The van der Waals surface area contributed by atoms with Gasteiger partial charge in [0.15, 0.2) is 6.10 Å². The minimum absolute atomic E-state index is 0.310. The molecular formula is C9H16N2O4. The fraction of sp³-hybridized carbons (Fsp3) is 0.556. The Kier molecular flexibility index (Phi) is 6.12. The summed E-state index contributed by atoms with van der Waals surface area (Å²) < 4.78 is 0. The number of amides is 2. The Morgan fingerprint density at radius 1 is 1.33 bits per heavy atom. The van der Waals surface area contributed by atoms with Crippen LogP contribution in [0.3, 0.4) is 0 Å². The summed E-state index contributed by atoms with van der Waals surface area (Å²) >= 11 is 0. The first-order valence-electron chi connectivity index (χ1n) is 4.49. The van der Waals surface area contributed by atoms with Crippen molar-refractivity contribution >= 4 is 12.0 Å². The highest BCUT2D eigenvalue weighted by molar-refractivity contribution is 5.76. The number of carbonyl (C=O) groups excluding carboxylic acids is 1. The zero-order valence-corrected chi connectivity index (χ0v) is 8.78. The van der Waals surface area contributed by atoms with Gasteiger partial charge in [-0.2, -0.15) is 0 Å². The summed E-state index contributed by atoms with van der Waals surface area (Å²) in [6.07, 6.45) is 0.243. The number of carboxylic acids is 1. The van der Waals surface area contributed by atoms with Crippen LogP contribution in [0, 0.1) is 0 Å². The quantitative estimate of drug-likeness (QED) is 0.474. The minimum Gasteiger partial charge on any atom is -0.479 e. The Bertz CT molecular complexity index is 259. The number of urea groups is 1. The van der Waals surface area contributed by atoms with Crippen LogP contribution in [0.4, 0.5) is 4.79 Å². The zero-order chi connectivity index (χ0) is 11.8. The van der Waals surface area contributed by atoms with Crippen LogP contribution in [0.15, 0.2) is 11.6 Å². The average molecular weight is 216 g/mol. The normalized spacial score (nSPS) is 11.4. The molecule has 1 atom stereocenters. The third-order valence-corrected chi connectivity index (χ3v) is 1.51. The van der Waals surface area contributed by atoms with Gasteiger partial charge in [0.1, 0.15) is 0 Å². The summed E-state index contributed by atoms with van der Waals surface area (Å²) in [4.78, 5) is 21.2. The molecule has 0 spiro atoms. The largest absolute Gasteiger partial charge is 0.479 e. The highest BCUT2D eigenvalue weighted by atomic mass is 16.4. The summed E-state index contributed by atoms with van der Waals surface area (Å²) in [5.74, 6) is -1.36. The molecule has 0 saturated heterocycles. The van der Waals surface area contributed by atoms with E-state index in [1.807, 2.05) is 19.9 Å². The van der Waals surface area contributed by atoms with Gasteiger partial charge in [-0.25, -0.2) is 9.59 Å². The van der Waals surface area contributed by atoms with Crippen LogP contribution in [0.1, 0.15) is 13.8 Å². The van der Waals surface area contributed by atoms with Gasteiger partial charge < -0.3 is 20.8 Å². The predicted octanol–water partition coefficient (Wildman–Crippen LogP) is -0.303. The number of aliphatic hydroxyl groups excluding tert-OH is 1. The van der Waals surface area contributed by atoms with Crippen molar-refractivity contribution in [3.8, 4) is 0 Å².